The molecule has 19 heavy (non-hydrogen) atoms. The Morgan fingerprint density at radius 3 is 2.74 bits per heavy atom. The molecule has 0 heterocycles. The van der Waals surface area contributed by atoms with E-state index in [4.69, 9.17) is 5.11 Å². The third kappa shape index (κ3) is 3.10. The van der Waals surface area contributed by atoms with Gasteiger partial charge in [0.15, 0.2) is 0 Å². The molecule has 1 fully saturated rings. The fraction of sp³-hybridized carbons (Fsp3) is 0.429. The monoisotopic (exact) mass is 265 g/mol. The van der Waals surface area contributed by atoms with Crippen LogP contribution in [-0.4, -0.2) is 23.5 Å². The lowest BCUT2D eigenvalue weighted by molar-refractivity contribution is -0.142. The summed E-state index contributed by atoms with van der Waals surface area (Å²) in [5.41, 5.74) is -0.00706. The highest BCUT2D eigenvalue weighted by Gasteiger charge is 2.32. The van der Waals surface area contributed by atoms with Gasteiger partial charge >= 0.3 is 5.97 Å². The van der Waals surface area contributed by atoms with Crippen molar-refractivity contribution in [2.45, 2.75) is 19.3 Å². The molecule has 1 amide bonds. The normalized spacial score (nSPS) is 22.2. The van der Waals surface area contributed by atoms with Crippen LogP contribution >= 0.6 is 0 Å². The SMILES string of the molecule is O=C(NCC1CCCC1C(=O)O)c1ccccc1F. The highest BCUT2D eigenvalue weighted by atomic mass is 19.1. The van der Waals surface area contributed by atoms with E-state index in [1.54, 1.807) is 6.07 Å². The third-order valence-corrected chi connectivity index (χ3v) is 3.62. The summed E-state index contributed by atoms with van der Waals surface area (Å²) in [6.45, 7) is 0.282. The summed E-state index contributed by atoms with van der Waals surface area (Å²) >= 11 is 0. The van der Waals surface area contributed by atoms with E-state index in [0.29, 0.717) is 6.42 Å². The molecule has 0 bridgehead atoms. The van der Waals surface area contributed by atoms with Gasteiger partial charge in [0.2, 0.25) is 0 Å². The molecule has 0 aliphatic heterocycles. The summed E-state index contributed by atoms with van der Waals surface area (Å²) in [4.78, 5) is 22.8. The molecule has 4 nitrogen and oxygen atoms in total. The van der Waals surface area contributed by atoms with Gasteiger partial charge in [0.1, 0.15) is 5.82 Å². The van der Waals surface area contributed by atoms with E-state index in [9.17, 15) is 14.0 Å². The minimum Gasteiger partial charge on any atom is -0.481 e. The average Bonchev–Trinajstić information content (AvgIpc) is 2.85. The predicted molar refractivity (Wildman–Crippen MR) is 67.2 cm³/mol. The number of hydrogen-bond acceptors (Lipinski definition) is 2. The van der Waals surface area contributed by atoms with Gasteiger partial charge in [0.25, 0.3) is 5.91 Å². The second-order valence-corrected chi connectivity index (χ2v) is 4.83. The number of carboxylic acid groups (broad SMARTS) is 1. The molecule has 0 radical (unpaired) electrons. The van der Waals surface area contributed by atoms with Crippen molar-refractivity contribution in [1.82, 2.24) is 5.32 Å². The van der Waals surface area contributed by atoms with Crippen LogP contribution < -0.4 is 5.32 Å². The number of halogens is 1. The molecule has 2 rings (SSSR count). The number of carbonyl (C=O) groups excluding carboxylic acids is 1. The maximum Gasteiger partial charge on any atom is 0.306 e. The Hall–Kier alpha value is -1.91. The number of carbonyl (C=O) groups is 2. The zero-order valence-electron chi connectivity index (χ0n) is 10.4. The van der Waals surface area contributed by atoms with Crippen LogP contribution in [0.25, 0.3) is 0 Å². The fourth-order valence-electron chi connectivity index (χ4n) is 2.57. The molecule has 102 valence electrons. The summed E-state index contributed by atoms with van der Waals surface area (Å²) in [5.74, 6) is -2.34. The Morgan fingerprint density at radius 1 is 1.32 bits per heavy atom. The molecule has 2 atom stereocenters. The summed E-state index contributed by atoms with van der Waals surface area (Å²) in [5, 5.41) is 11.7. The maximum absolute atomic E-state index is 13.4. The molecule has 2 N–H and O–H groups in total. The molecule has 1 aromatic rings. The van der Waals surface area contributed by atoms with Crippen molar-refractivity contribution in [3.8, 4) is 0 Å². The smallest absolute Gasteiger partial charge is 0.306 e. The van der Waals surface area contributed by atoms with Gasteiger partial charge < -0.3 is 10.4 Å². The molecule has 1 aliphatic carbocycles. The quantitative estimate of drug-likeness (QED) is 0.875. The number of carboxylic acids is 1. The van der Waals surface area contributed by atoms with Crippen LogP contribution in [0.2, 0.25) is 0 Å². The van der Waals surface area contributed by atoms with Crippen molar-refractivity contribution in [3.05, 3.63) is 35.6 Å². The van der Waals surface area contributed by atoms with E-state index >= 15 is 0 Å². The second kappa shape index (κ2) is 5.82. The Labute approximate surface area is 110 Å². The van der Waals surface area contributed by atoms with E-state index in [1.807, 2.05) is 0 Å². The summed E-state index contributed by atoms with van der Waals surface area (Å²) < 4.78 is 13.4. The summed E-state index contributed by atoms with van der Waals surface area (Å²) in [7, 11) is 0. The second-order valence-electron chi connectivity index (χ2n) is 4.83. The highest BCUT2D eigenvalue weighted by molar-refractivity contribution is 5.94. The first-order valence-electron chi connectivity index (χ1n) is 6.35. The lowest BCUT2D eigenvalue weighted by Gasteiger charge is -2.16. The molecule has 5 heteroatoms. The number of amides is 1. The summed E-state index contributed by atoms with van der Waals surface area (Å²) in [6.07, 6.45) is 2.29. The number of rotatable bonds is 4. The van der Waals surface area contributed by atoms with E-state index in [1.165, 1.54) is 18.2 Å². The van der Waals surface area contributed by atoms with Crippen LogP contribution in [0.15, 0.2) is 24.3 Å². The lowest BCUT2D eigenvalue weighted by atomic mass is 9.96. The Morgan fingerprint density at radius 2 is 2.05 bits per heavy atom. The molecule has 0 spiro atoms. The molecular formula is C14H16FNO3. The first kappa shape index (κ1) is 13.5. The molecule has 1 saturated carbocycles. The minimum atomic E-state index is -0.817. The van der Waals surface area contributed by atoms with Crippen LogP contribution in [0.3, 0.4) is 0 Å². The van der Waals surface area contributed by atoms with Crippen molar-refractivity contribution in [3.63, 3.8) is 0 Å². The molecule has 0 saturated heterocycles. The number of benzene rings is 1. The lowest BCUT2D eigenvalue weighted by Crippen LogP contribution is -2.33. The van der Waals surface area contributed by atoms with Crippen LogP contribution in [0.4, 0.5) is 4.39 Å². The Balaban J connectivity index is 1.94. The topological polar surface area (TPSA) is 66.4 Å². The number of aliphatic carboxylic acids is 1. The fourth-order valence-corrected chi connectivity index (χ4v) is 2.57. The molecule has 0 aromatic heterocycles. The largest absolute Gasteiger partial charge is 0.481 e. The zero-order chi connectivity index (χ0) is 13.8. The molecule has 1 aliphatic rings. The first-order valence-corrected chi connectivity index (χ1v) is 6.35. The van der Waals surface area contributed by atoms with Crippen molar-refractivity contribution in [1.29, 1.82) is 0 Å². The first-order chi connectivity index (χ1) is 9.09. The van der Waals surface area contributed by atoms with Gasteiger partial charge in [-0.05, 0) is 30.9 Å². The average molecular weight is 265 g/mol. The molecular weight excluding hydrogens is 249 g/mol. The van der Waals surface area contributed by atoms with Gasteiger partial charge in [-0.15, -0.1) is 0 Å². The van der Waals surface area contributed by atoms with Crippen molar-refractivity contribution in [2.24, 2.45) is 11.8 Å². The van der Waals surface area contributed by atoms with Crippen molar-refractivity contribution >= 4 is 11.9 Å². The van der Waals surface area contributed by atoms with E-state index in [2.05, 4.69) is 5.32 Å². The third-order valence-electron chi connectivity index (χ3n) is 3.62. The maximum atomic E-state index is 13.4. The van der Waals surface area contributed by atoms with E-state index in [-0.39, 0.29) is 18.0 Å². The molecule has 2 unspecified atom stereocenters. The number of hydrogen-bond donors (Lipinski definition) is 2. The van der Waals surface area contributed by atoms with Crippen LogP contribution in [0.1, 0.15) is 29.6 Å². The van der Waals surface area contributed by atoms with Gasteiger partial charge in [-0.25, -0.2) is 4.39 Å². The van der Waals surface area contributed by atoms with Gasteiger partial charge in [-0.3, -0.25) is 9.59 Å². The van der Waals surface area contributed by atoms with Crippen LogP contribution in [-0.2, 0) is 4.79 Å². The standard InChI is InChI=1S/C14H16FNO3/c15-12-7-2-1-5-11(12)13(17)16-8-9-4-3-6-10(9)14(18)19/h1-2,5,7,9-10H,3-4,6,8H2,(H,16,17)(H,18,19). The predicted octanol–water partition coefficient (Wildman–Crippen LogP) is 2.06. The minimum absolute atomic E-state index is 0.00706. The summed E-state index contributed by atoms with van der Waals surface area (Å²) in [6, 6.07) is 5.75. The highest BCUT2D eigenvalue weighted by Crippen LogP contribution is 2.31. The van der Waals surface area contributed by atoms with Gasteiger partial charge in [0.05, 0.1) is 11.5 Å². The van der Waals surface area contributed by atoms with Crippen molar-refractivity contribution < 1.29 is 19.1 Å². The van der Waals surface area contributed by atoms with Crippen molar-refractivity contribution in [2.75, 3.05) is 6.54 Å². The number of nitrogens with one attached hydrogen (secondary N) is 1. The molecule has 1 aromatic carbocycles. The van der Waals surface area contributed by atoms with Gasteiger partial charge in [-0.1, -0.05) is 18.6 Å². The Kier molecular flexibility index (Phi) is 4.14. The zero-order valence-corrected chi connectivity index (χ0v) is 10.4. The van der Waals surface area contributed by atoms with Gasteiger partial charge in [0, 0.05) is 6.54 Å². The van der Waals surface area contributed by atoms with E-state index < -0.39 is 23.6 Å². The Bertz CT molecular complexity index is 489. The van der Waals surface area contributed by atoms with Crippen LogP contribution in [0.5, 0.6) is 0 Å². The van der Waals surface area contributed by atoms with Gasteiger partial charge in [-0.2, -0.15) is 0 Å². The van der Waals surface area contributed by atoms with E-state index in [0.717, 1.165) is 12.8 Å². The van der Waals surface area contributed by atoms with Crippen LogP contribution in [0, 0.1) is 17.7 Å².